The van der Waals surface area contributed by atoms with Crippen molar-refractivity contribution in [1.29, 1.82) is 0 Å². The minimum Gasteiger partial charge on any atom is -0.462 e. The van der Waals surface area contributed by atoms with Crippen molar-refractivity contribution in [3.8, 4) is 5.75 Å². The zero-order valence-corrected chi connectivity index (χ0v) is 24.5. The Hall–Kier alpha value is -3.36. The number of anilines is 2. The lowest BCUT2D eigenvalue weighted by atomic mass is 9.99. The second-order valence-corrected chi connectivity index (χ2v) is 11.6. The molecule has 0 unspecified atom stereocenters. The van der Waals surface area contributed by atoms with E-state index in [2.05, 4.69) is 30.7 Å². The minimum absolute atomic E-state index is 0.192. The summed E-state index contributed by atoms with van der Waals surface area (Å²) in [5, 5.41) is 19.2. The fraction of sp³-hybridized carbons (Fsp3) is 0.520. The van der Waals surface area contributed by atoms with Crippen LogP contribution in [-0.2, 0) is 23.4 Å². The van der Waals surface area contributed by atoms with Gasteiger partial charge in [0.15, 0.2) is 29.4 Å². The Morgan fingerprint density at radius 2 is 1.93 bits per heavy atom. The van der Waals surface area contributed by atoms with Gasteiger partial charge < -0.3 is 29.7 Å². The standard InChI is InChI=1S/C25H35FN7O7P/c1-14(2)38-23(35)15(3)32-41(36,40-16-10-8-7-9-11-16)37-12-25(4)19(34)17(26)22(39-25)33-13-29-18-20(27-5)30-24(28-6)31-21(18)33/h7-11,13-15,17,19,22,34H,12H2,1-6H3,(H,32,36)(H2,27,28,30,31)/t15-,17+,19-,22+,25+,41-/m0/s1. The largest absolute Gasteiger partial charge is 0.462 e. The summed E-state index contributed by atoms with van der Waals surface area (Å²) in [4.78, 5) is 25.4. The van der Waals surface area contributed by atoms with E-state index in [9.17, 15) is 14.5 Å². The van der Waals surface area contributed by atoms with E-state index in [0.29, 0.717) is 11.3 Å². The van der Waals surface area contributed by atoms with E-state index in [4.69, 9.17) is 18.5 Å². The molecule has 0 aliphatic carbocycles. The number of halogens is 1. The molecule has 1 aromatic carbocycles. The van der Waals surface area contributed by atoms with Gasteiger partial charge >= 0.3 is 13.7 Å². The van der Waals surface area contributed by atoms with E-state index >= 15 is 4.39 Å². The molecule has 224 valence electrons. The number of benzene rings is 1. The summed E-state index contributed by atoms with van der Waals surface area (Å²) < 4.78 is 53.3. The smallest absolute Gasteiger partial charge is 0.459 e. The van der Waals surface area contributed by atoms with Gasteiger partial charge in [-0.25, -0.2) is 13.9 Å². The van der Waals surface area contributed by atoms with E-state index in [1.54, 1.807) is 58.3 Å². The molecule has 41 heavy (non-hydrogen) atoms. The number of nitrogens with zero attached hydrogens (tertiary/aromatic N) is 4. The van der Waals surface area contributed by atoms with Crippen LogP contribution in [0.4, 0.5) is 16.2 Å². The average Bonchev–Trinajstić information content (AvgIpc) is 3.46. The number of ether oxygens (including phenoxy) is 2. The maximum atomic E-state index is 15.6. The number of nitrogens with one attached hydrogen (secondary N) is 3. The van der Waals surface area contributed by atoms with Crippen LogP contribution >= 0.6 is 7.75 Å². The van der Waals surface area contributed by atoms with Crippen molar-refractivity contribution in [2.75, 3.05) is 31.3 Å². The van der Waals surface area contributed by atoms with Gasteiger partial charge in [0, 0.05) is 14.1 Å². The van der Waals surface area contributed by atoms with Gasteiger partial charge in [-0.1, -0.05) is 18.2 Å². The van der Waals surface area contributed by atoms with Gasteiger partial charge in [0.25, 0.3) is 0 Å². The Morgan fingerprint density at radius 3 is 2.56 bits per heavy atom. The number of para-hydroxylation sites is 1. The van der Waals surface area contributed by atoms with Gasteiger partial charge in [-0.15, -0.1) is 0 Å². The zero-order chi connectivity index (χ0) is 29.9. The number of esters is 1. The topological polar surface area (TPSA) is 171 Å². The molecule has 0 bridgehead atoms. The number of aliphatic hydroxyl groups is 1. The number of fused-ring (bicyclic) bond motifs is 1. The van der Waals surface area contributed by atoms with Crippen LogP contribution < -0.4 is 20.2 Å². The molecule has 1 aliphatic rings. The maximum Gasteiger partial charge on any atom is 0.459 e. The lowest BCUT2D eigenvalue weighted by molar-refractivity contribution is -0.149. The Balaban J connectivity index is 1.58. The number of carbonyl (C=O) groups is 1. The summed E-state index contributed by atoms with van der Waals surface area (Å²) >= 11 is 0. The van der Waals surface area contributed by atoms with Crippen molar-refractivity contribution in [2.45, 2.75) is 63.9 Å². The summed E-state index contributed by atoms with van der Waals surface area (Å²) in [5.74, 6) is 0.188. The molecule has 0 spiro atoms. The molecule has 14 nitrogen and oxygen atoms in total. The summed E-state index contributed by atoms with van der Waals surface area (Å²) in [6.45, 7) is 5.65. The van der Waals surface area contributed by atoms with Crippen LogP contribution in [-0.4, -0.2) is 81.3 Å². The van der Waals surface area contributed by atoms with Crippen molar-refractivity contribution in [3.63, 3.8) is 0 Å². The fourth-order valence-electron chi connectivity index (χ4n) is 4.17. The second-order valence-electron chi connectivity index (χ2n) is 9.94. The predicted molar refractivity (Wildman–Crippen MR) is 148 cm³/mol. The Morgan fingerprint density at radius 1 is 1.22 bits per heavy atom. The summed E-state index contributed by atoms with van der Waals surface area (Å²) in [6.07, 6.45) is -4.06. The van der Waals surface area contributed by atoms with E-state index in [0.717, 1.165) is 0 Å². The van der Waals surface area contributed by atoms with Crippen molar-refractivity contribution < 1.29 is 37.4 Å². The highest BCUT2D eigenvalue weighted by Gasteiger charge is 2.55. The van der Waals surface area contributed by atoms with Crippen LogP contribution in [0, 0.1) is 0 Å². The van der Waals surface area contributed by atoms with Gasteiger partial charge in [0.2, 0.25) is 5.95 Å². The number of alkyl halides is 1. The molecule has 4 N–H and O–H groups in total. The molecule has 0 radical (unpaired) electrons. The number of aliphatic hydroxyl groups excluding tert-OH is 1. The number of imidazole rings is 1. The number of aromatic nitrogens is 4. The predicted octanol–water partition coefficient (Wildman–Crippen LogP) is 3.03. The zero-order valence-electron chi connectivity index (χ0n) is 23.6. The summed E-state index contributed by atoms with van der Waals surface area (Å²) in [5.41, 5.74) is -1.06. The van der Waals surface area contributed by atoms with Gasteiger partial charge in [-0.3, -0.25) is 13.9 Å². The third-order valence-corrected chi connectivity index (χ3v) is 7.92. The summed E-state index contributed by atoms with van der Waals surface area (Å²) in [6, 6.07) is 7.08. The molecular weight excluding hydrogens is 560 g/mol. The third-order valence-electron chi connectivity index (χ3n) is 6.29. The van der Waals surface area contributed by atoms with Crippen LogP contribution in [0.1, 0.15) is 33.9 Å². The van der Waals surface area contributed by atoms with Gasteiger partial charge in [0.05, 0.1) is 19.0 Å². The van der Waals surface area contributed by atoms with Gasteiger partial charge in [0.1, 0.15) is 23.5 Å². The Bertz CT molecular complexity index is 1410. The van der Waals surface area contributed by atoms with Crippen LogP contribution in [0.5, 0.6) is 5.75 Å². The van der Waals surface area contributed by atoms with Crippen LogP contribution in [0.2, 0.25) is 0 Å². The van der Waals surface area contributed by atoms with Crippen LogP contribution in [0.15, 0.2) is 36.7 Å². The molecule has 3 heterocycles. The second kappa shape index (κ2) is 12.2. The number of hydrogen-bond donors (Lipinski definition) is 4. The van der Waals surface area contributed by atoms with Crippen molar-refractivity contribution in [2.24, 2.45) is 0 Å². The van der Waals surface area contributed by atoms with E-state index in [-0.39, 0.29) is 17.3 Å². The number of rotatable bonds is 12. The first kappa shape index (κ1) is 30.6. The third kappa shape index (κ3) is 6.60. The van der Waals surface area contributed by atoms with E-state index in [1.807, 2.05) is 0 Å². The highest BCUT2D eigenvalue weighted by molar-refractivity contribution is 7.52. The molecular formula is C25H35FN7O7P. The SMILES string of the molecule is CNc1nc(NC)c2ncn([C@@H]3O[C@](C)(CO[P@@](=O)(N[C@@H](C)C(=O)OC(C)C)Oc4ccccc4)[C@@H](O)[C@H]3F)c2n1. The molecule has 6 atom stereocenters. The van der Waals surface area contributed by atoms with Crippen molar-refractivity contribution in [1.82, 2.24) is 24.6 Å². The van der Waals surface area contributed by atoms with Crippen molar-refractivity contribution in [3.05, 3.63) is 36.7 Å². The highest BCUT2D eigenvalue weighted by Crippen LogP contribution is 2.48. The first-order valence-electron chi connectivity index (χ1n) is 13.0. The van der Waals surface area contributed by atoms with E-state index < -0.39 is 56.6 Å². The molecule has 4 rings (SSSR count). The Labute approximate surface area is 236 Å². The van der Waals surface area contributed by atoms with Crippen molar-refractivity contribution >= 4 is 36.6 Å². The van der Waals surface area contributed by atoms with Gasteiger partial charge in [-0.2, -0.15) is 15.1 Å². The van der Waals surface area contributed by atoms with Crippen LogP contribution in [0.25, 0.3) is 11.2 Å². The molecule has 2 aromatic heterocycles. The molecule has 0 amide bonds. The maximum absolute atomic E-state index is 15.6. The van der Waals surface area contributed by atoms with Crippen LogP contribution in [0.3, 0.4) is 0 Å². The molecule has 1 fully saturated rings. The number of carbonyl (C=O) groups excluding carboxylic acids is 1. The normalized spacial score (nSPS) is 24.7. The lowest BCUT2D eigenvalue weighted by Gasteiger charge is -2.30. The molecule has 16 heteroatoms. The molecule has 0 saturated carbocycles. The minimum atomic E-state index is -4.30. The molecule has 1 saturated heterocycles. The molecule has 3 aromatic rings. The lowest BCUT2D eigenvalue weighted by Crippen LogP contribution is -2.44. The summed E-state index contributed by atoms with van der Waals surface area (Å²) in [7, 11) is -0.999. The quantitative estimate of drug-likeness (QED) is 0.178. The average molecular weight is 596 g/mol. The van der Waals surface area contributed by atoms with E-state index in [1.165, 1.54) is 24.7 Å². The highest BCUT2D eigenvalue weighted by atomic mass is 31.2. The monoisotopic (exact) mass is 595 g/mol. The first-order chi connectivity index (χ1) is 19.4. The molecule has 1 aliphatic heterocycles. The Kier molecular flexibility index (Phi) is 9.14. The van der Waals surface area contributed by atoms with Gasteiger partial charge in [-0.05, 0) is 39.8 Å². The number of hydrogen-bond acceptors (Lipinski definition) is 12. The first-order valence-corrected chi connectivity index (χ1v) is 14.5. The fourth-order valence-corrected chi connectivity index (χ4v) is 5.75.